The summed E-state index contributed by atoms with van der Waals surface area (Å²) in [5, 5.41) is 3.60. The smallest absolute Gasteiger partial charge is 0.240 e. The Kier molecular flexibility index (Phi) is 8.71. The van der Waals surface area contributed by atoms with Crippen LogP contribution in [0.3, 0.4) is 0 Å². The number of ether oxygens (including phenoxy) is 2. The zero-order valence-electron chi connectivity index (χ0n) is 20.2. The molecule has 0 radical (unpaired) electrons. The molecule has 0 bridgehead atoms. The van der Waals surface area contributed by atoms with Gasteiger partial charge in [-0.2, -0.15) is 0 Å². The minimum absolute atomic E-state index is 0.139. The van der Waals surface area contributed by atoms with Crippen LogP contribution in [0, 0.1) is 0 Å². The highest BCUT2D eigenvalue weighted by Gasteiger charge is 2.20. The molecule has 9 heteroatoms. The van der Waals surface area contributed by atoms with E-state index < -0.39 is 10.0 Å². The zero-order chi connectivity index (χ0) is 24.6. The Morgan fingerprint density at radius 2 is 1.71 bits per heavy atom. The number of benzene rings is 2. The van der Waals surface area contributed by atoms with Gasteiger partial charge in [-0.3, -0.25) is 0 Å². The first-order valence-electron chi connectivity index (χ1n) is 11.3. The van der Waals surface area contributed by atoms with Gasteiger partial charge in [0.1, 0.15) is 5.82 Å². The lowest BCUT2D eigenvalue weighted by Gasteiger charge is -2.27. The molecule has 0 saturated carbocycles. The van der Waals surface area contributed by atoms with Crippen LogP contribution in [-0.2, 0) is 28.4 Å². The van der Waals surface area contributed by atoms with Gasteiger partial charge in [0.15, 0.2) is 11.5 Å². The maximum atomic E-state index is 12.7. The van der Waals surface area contributed by atoms with Crippen molar-refractivity contribution in [2.45, 2.75) is 43.5 Å². The van der Waals surface area contributed by atoms with Crippen LogP contribution in [0.15, 0.2) is 59.8 Å². The summed E-state index contributed by atoms with van der Waals surface area (Å²) in [5.41, 5.74) is 2.07. The maximum absolute atomic E-state index is 12.7. The SMILES string of the molecule is COc1ccc(S(=O)(=O)NCCc2ccc(C(C)(C)NCCCc3ncc[nH]3)cc2)cc1OC. The second-order valence-corrected chi connectivity index (χ2v) is 10.3. The van der Waals surface area contributed by atoms with Gasteiger partial charge in [-0.05, 0) is 56.5 Å². The Bertz CT molecular complexity index is 1140. The number of sulfonamides is 1. The van der Waals surface area contributed by atoms with E-state index in [0.29, 0.717) is 24.5 Å². The molecule has 184 valence electrons. The van der Waals surface area contributed by atoms with Gasteiger partial charge in [-0.25, -0.2) is 18.1 Å². The molecule has 3 N–H and O–H groups in total. The third kappa shape index (κ3) is 6.82. The molecule has 0 spiro atoms. The Hall–Kier alpha value is -2.88. The summed E-state index contributed by atoms with van der Waals surface area (Å²) in [6.45, 7) is 5.50. The molecule has 0 amide bonds. The van der Waals surface area contributed by atoms with Crippen LogP contribution in [0.25, 0.3) is 0 Å². The molecule has 1 heterocycles. The Morgan fingerprint density at radius 3 is 2.35 bits per heavy atom. The number of imidazole rings is 1. The minimum Gasteiger partial charge on any atom is -0.493 e. The molecule has 2 aromatic carbocycles. The van der Waals surface area contributed by atoms with Crippen molar-refractivity contribution in [3.8, 4) is 11.5 Å². The number of nitrogens with zero attached hydrogens (tertiary/aromatic N) is 1. The van der Waals surface area contributed by atoms with Crippen molar-refractivity contribution in [2.75, 3.05) is 27.3 Å². The van der Waals surface area contributed by atoms with Crippen molar-refractivity contribution in [3.63, 3.8) is 0 Å². The van der Waals surface area contributed by atoms with Gasteiger partial charge in [0.25, 0.3) is 0 Å². The molecular formula is C25H34N4O4S. The van der Waals surface area contributed by atoms with E-state index in [1.807, 2.05) is 18.3 Å². The topological polar surface area (TPSA) is 105 Å². The first kappa shape index (κ1) is 25.7. The van der Waals surface area contributed by atoms with Crippen molar-refractivity contribution in [3.05, 3.63) is 71.8 Å². The largest absolute Gasteiger partial charge is 0.493 e. The standard InChI is InChI=1S/C25H34N4O4S/c1-25(2,28-14-5-6-24-26-16-17-27-24)20-9-7-19(8-10-20)13-15-29-34(30,31)21-11-12-22(32-3)23(18-21)33-4/h7-12,16-18,28-29H,5-6,13-15H2,1-4H3,(H,26,27). The Labute approximate surface area is 202 Å². The number of nitrogens with one attached hydrogen (secondary N) is 3. The van der Waals surface area contributed by atoms with Gasteiger partial charge in [0, 0.05) is 37.0 Å². The summed E-state index contributed by atoms with van der Waals surface area (Å²) in [5.74, 6) is 1.86. The molecule has 1 aromatic heterocycles. The van der Waals surface area contributed by atoms with Crippen molar-refractivity contribution in [2.24, 2.45) is 0 Å². The predicted octanol–water partition coefficient (Wildman–Crippen LogP) is 3.41. The van der Waals surface area contributed by atoms with E-state index in [1.165, 1.54) is 31.9 Å². The van der Waals surface area contributed by atoms with Crippen LogP contribution in [0.2, 0.25) is 0 Å². The average Bonchev–Trinajstić information content (AvgIpc) is 3.35. The molecule has 0 aliphatic rings. The second kappa shape index (κ2) is 11.5. The van der Waals surface area contributed by atoms with E-state index in [4.69, 9.17) is 9.47 Å². The molecule has 0 atom stereocenters. The van der Waals surface area contributed by atoms with Crippen LogP contribution < -0.4 is 19.5 Å². The second-order valence-electron chi connectivity index (χ2n) is 8.55. The van der Waals surface area contributed by atoms with Crippen molar-refractivity contribution in [1.82, 2.24) is 20.0 Å². The number of H-pyrrole nitrogens is 1. The highest BCUT2D eigenvalue weighted by atomic mass is 32.2. The van der Waals surface area contributed by atoms with Crippen LogP contribution in [0.1, 0.15) is 37.2 Å². The average molecular weight is 487 g/mol. The summed E-state index contributed by atoms with van der Waals surface area (Å²) in [6.07, 6.45) is 6.11. The molecule has 0 fully saturated rings. The van der Waals surface area contributed by atoms with E-state index in [-0.39, 0.29) is 10.4 Å². The van der Waals surface area contributed by atoms with Crippen LogP contribution in [-0.4, -0.2) is 45.7 Å². The van der Waals surface area contributed by atoms with Crippen LogP contribution >= 0.6 is 0 Å². The fraction of sp³-hybridized carbons (Fsp3) is 0.400. The van der Waals surface area contributed by atoms with Gasteiger partial charge in [-0.15, -0.1) is 0 Å². The number of hydrogen-bond acceptors (Lipinski definition) is 6. The van der Waals surface area contributed by atoms with Gasteiger partial charge in [0.2, 0.25) is 10.0 Å². The van der Waals surface area contributed by atoms with E-state index in [0.717, 1.165) is 30.8 Å². The van der Waals surface area contributed by atoms with Crippen molar-refractivity contribution < 1.29 is 17.9 Å². The summed E-state index contributed by atoms with van der Waals surface area (Å²) < 4.78 is 38.3. The lowest BCUT2D eigenvalue weighted by molar-refractivity contribution is 0.354. The number of aryl methyl sites for hydroxylation is 1. The number of hydrogen-bond donors (Lipinski definition) is 3. The first-order chi connectivity index (χ1) is 16.2. The normalized spacial score (nSPS) is 12.0. The lowest BCUT2D eigenvalue weighted by Crippen LogP contribution is -2.37. The maximum Gasteiger partial charge on any atom is 0.240 e. The van der Waals surface area contributed by atoms with Gasteiger partial charge >= 0.3 is 0 Å². The van der Waals surface area contributed by atoms with Crippen molar-refractivity contribution in [1.29, 1.82) is 0 Å². The summed E-state index contributed by atoms with van der Waals surface area (Å²) in [6, 6.07) is 12.8. The first-order valence-corrected chi connectivity index (χ1v) is 12.8. The number of aromatic nitrogens is 2. The predicted molar refractivity (Wildman–Crippen MR) is 133 cm³/mol. The summed E-state index contributed by atoms with van der Waals surface area (Å²) in [7, 11) is -0.666. The van der Waals surface area contributed by atoms with Crippen molar-refractivity contribution >= 4 is 10.0 Å². The van der Waals surface area contributed by atoms with E-state index >= 15 is 0 Å². The monoisotopic (exact) mass is 486 g/mol. The van der Waals surface area contributed by atoms with E-state index in [2.05, 4.69) is 46.0 Å². The highest BCUT2D eigenvalue weighted by molar-refractivity contribution is 7.89. The Morgan fingerprint density at radius 1 is 0.971 bits per heavy atom. The fourth-order valence-corrected chi connectivity index (χ4v) is 4.73. The number of rotatable bonds is 13. The quantitative estimate of drug-likeness (QED) is 0.320. The molecule has 0 saturated heterocycles. The molecular weight excluding hydrogens is 452 g/mol. The molecule has 3 rings (SSSR count). The van der Waals surface area contributed by atoms with Gasteiger partial charge in [-0.1, -0.05) is 24.3 Å². The van der Waals surface area contributed by atoms with Crippen LogP contribution in [0.4, 0.5) is 0 Å². The number of aromatic amines is 1. The summed E-state index contributed by atoms with van der Waals surface area (Å²) >= 11 is 0. The zero-order valence-corrected chi connectivity index (χ0v) is 21.0. The van der Waals surface area contributed by atoms with Crippen LogP contribution in [0.5, 0.6) is 11.5 Å². The molecule has 0 aliphatic carbocycles. The lowest BCUT2D eigenvalue weighted by atomic mass is 9.93. The molecule has 8 nitrogen and oxygen atoms in total. The van der Waals surface area contributed by atoms with Gasteiger partial charge < -0.3 is 19.8 Å². The molecule has 3 aromatic rings. The fourth-order valence-electron chi connectivity index (χ4n) is 3.68. The van der Waals surface area contributed by atoms with Gasteiger partial charge in [0.05, 0.1) is 19.1 Å². The molecule has 0 aliphatic heterocycles. The molecule has 0 unspecified atom stereocenters. The third-order valence-corrected chi connectivity index (χ3v) is 7.22. The number of methoxy groups -OCH3 is 2. The van der Waals surface area contributed by atoms with E-state index in [1.54, 1.807) is 12.3 Å². The summed E-state index contributed by atoms with van der Waals surface area (Å²) in [4.78, 5) is 7.52. The highest BCUT2D eigenvalue weighted by Crippen LogP contribution is 2.29. The minimum atomic E-state index is -3.65. The third-order valence-electron chi connectivity index (χ3n) is 5.76. The molecule has 34 heavy (non-hydrogen) atoms. The Balaban J connectivity index is 1.50. The van der Waals surface area contributed by atoms with E-state index in [9.17, 15) is 8.42 Å².